The lowest BCUT2D eigenvalue weighted by molar-refractivity contribution is 0.458. The van der Waals surface area contributed by atoms with Crippen molar-refractivity contribution in [2.75, 3.05) is 13.1 Å². The van der Waals surface area contributed by atoms with Crippen LogP contribution in [0.4, 0.5) is 0 Å². The fraction of sp³-hybridized carbons (Fsp3) is 0.500. The van der Waals surface area contributed by atoms with Crippen LogP contribution in [0.3, 0.4) is 0 Å². The normalized spacial score (nSPS) is 17.0. The Balaban J connectivity index is 2.39. The summed E-state index contributed by atoms with van der Waals surface area (Å²) in [7, 11) is 0. The first kappa shape index (κ1) is 11.2. The minimum absolute atomic E-state index is 0.576. The molecule has 84 valence electrons. The Morgan fingerprint density at radius 1 is 1.38 bits per heavy atom. The third-order valence-corrected chi connectivity index (χ3v) is 3.45. The highest BCUT2D eigenvalue weighted by molar-refractivity contribution is 5.45. The zero-order valence-corrected chi connectivity index (χ0v) is 9.79. The second-order valence-corrected chi connectivity index (χ2v) is 4.37. The summed E-state index contributed by atoms with van der Waals surface area (Å²) in [6, 6.07) is 8.47. The van der Waals surface area contributed by atoms with Crippen molar-refractivity contribution in [3.8, 4) is 6.07 Å². The Morgan fingerprint density at radius 3 is 2.75 bits per heavy atom. The van der Waals surface area contributed by atoms with Gasteiger partial charge in [0.1, 0.15) is 0 Å². The number of nitriles is 1. The van der Waals surface area contributed by atoms with Crippen molar-refractivity contribution in [3.05, 3.63) is 34.9 Å². The van der Waals surface area contributed by atoms with Crippen LogP contribution in [-0.4, -0.2) is 13.1 Å². The van der Waals surface area contributed by atoms with Gasteiger partial charge in [0, 0.05) is 0 Å². The van der Waals surface area contributed by atoms with E-state index in [1.54, 1.807) is 0 Å². The van der Waals surface area contributed by atoms with Crippen LogP contribution in [0.1, 0.15) is 42.4 Å². The fourth-order valence-electron chi connectivity index (χ4n) is 2.61. The predicted octanol–water partition coefficient (Wildman–Crippen LogP) is 2.59. The highest BCUT2D eigenvalue weighted by atomic mass is 14.9. The molecule has 2 nitrogen and oxygen atoms in total. The third-order valence-electron chi connectivity index (χ3n) is 3.45. The van der Waals surface area contributed by atoms with E-state index in [-0.39, 0.29) is 0 Å². The molecule has 0 bridgehead atoms. The maximum atomic E-state index is 9.20. The first-order valence-corrected chi connectivity index (χ1v) is 6.09. The van der Waals surface area contributed by atoms with Crippen molar-refractivity contribution in [2.24, 2.45) is 0 Å². The van der Waals surface area contributed by atoms with Gasteiger partial charge in [0.2, 0.25) is 0 Å². The van der Waals surface area contributed by atoms with Gasteiger partial charge in [-0.05, 0) is 55.5 Å². The van der Waals surface area contributed by atoms with Gasteiger partial charge in [-0.2, -0.15) is 5.26 Å². The molecule has 1 heterocycles. The number of rotatable bonds is 2. The summed E-state index contributed by atoms with van der Waals surface area (Å²) in [4.78, 5) is 0. The topological polar surface area (TPSA) is 35.8 Å². The van der Waals surface area contributed by atoms with Crippen LogP contribution >= 0.6 is 0 Å². The summed E-state index contributed by atoms with van der Waals surface area (Å²) in [5, 5.41) is 12.6. The average Bonchev–Trinajstić information content (AvgIpc) is 2.38. The molecule has 1 aromatic carbocycles. The number of nitrogens with zero attached hydrogens (tertiary/aromatic N) is 1. The third kappa shape index (κ3) is 2.10. The summed E-state index contributed by atoms with van der Waals surface area (Å²) >= 11 is 0. The summed E-state index contributed by atoms with van der Waals surface area (Å²) in [5.41, 5.74) is 3.55. The number of hydrogen-bond acceptors (Lipinski definition) is 2. The van der Waals surface area contributed by atoms with E-state index < -0.39 is 0 Å². The summed E-state index contributed by atoms with van der Waals surface area (Å²) in [6.07, 6.45) is 3.34. The van der Waals surface area contributed by atoms with Crippen LogP contribution < -0.4 is 5.32 Å². The minimum atomic E-state index is 0.576. The molecule has 0 aliphatic carbocycles. The van der Waals surface area contributed by atoms with Crippen molar-refractivity contribution in [3.63, 3.8) is 0 Å². The molecular weight excluding hydrogens is 196 g/mol. The van der Waals surface area contributed by atoms with Crippen LogP contribution in [0.15, 0.2) is 18.2 Å². The maximum absolute atomic E-state index is 9.20. The van der Waals surface area contributed by atoms with Gasteiger partial charge < -0.3 is 5.32 Å². The Hall–Kier alpha value is -1.33. The van der Waals surface area contributed by atoms with Crippen LogP contribution in [0, 0.1) is 11.3 Å². The zero-order valence-electron chi connectivity index (χ0n) is 9.79. The average molecular weight is 214 g/mol. The van der Waals surface area contributed by atoms with E-state index in [4.69, 9.17) is 0 Å². The fourth-order valence-corrected chi connectivity index (χ4v) is 2.61. The summed E-state index contributed by atoms with van der Waals surface area (Å²) in [5.74, 6) is 0.576. The highest BCUT2D eigenvalue weighted by Crippen LogP contribution is 2.31. The Morgan fingerprint density at radius 2 is 2.12 bits per heavy atom. The van der Waals surface area contributed by atoms with E-state index in [0.717, 1.165) is 37.9 Å². The van der Waals surface area contributed by atoms with Crippen molar-refractivity contribution >= 4 is 0 Å². The van der Waals surface area contributed by atoms with Crippen LogP contribution in [0.5, 0.6) is 0 Å². The van der Waals surface area contributed by atoms with Gasteiger partial charge in [-0.25, -0.2) is 0 Å². The van der Waals surface area contributed by atoms with Crippen molar-refractivity contribution in [1.82, 2.24) is 5.32 Å². The van der Waals surface area contributed by atoms with Gasteiger partial charge in [0.05, 0.1) is 11.6 Å². The second kappa shape index (κ2) is 5.14. The molecule has 0 saturated carbocycles. The monoisotopic (exact) mass is 214 g/mol. The molecule has 1 aliphatic heterocycles. The number of piperidine rings is 1. The lowest BCUT2D eigenvalue weighted by Gasteiger charge is -2.25. The molecule has 0 radical (unpaired) electrons. The molecule has 2 rings (SSSR count). The number of hydrogen-bond donors (Lipinski definition) is 1. The summed E-state index contributed by atoms with van der Waals surface area (Å²) in [6.45, 7) is 4.32. The summed E-state index contributed by atoms with van der Waals surface area (Å²) < 4.78 is 0. The van der Waals surface area contributed by atoms with Gasteiger partial charge in [-0.3, -0.25) is 0 Å². The number of aryl methyl sites for hydroxylation is 1. The Kier molecular flexibility index (Phi) is 3.58. The molecule has 1 fully saturated rings. The Labute approximate surface area is 97.3 Å². The maximum Gasteiger partial charge on any atom is 0.0994 e. The lowest BCUT2D eigenvalue weighted by Crippen LogP contribution is -2.27. The first-order valence-electron chi connectivity index (χ1n) is 6.09. The van der Waals surface area contributed by atoms with Crippen LogP contribution in [0.2, 0.25) is 0 Å². The van der Waals surface area contributed by atoms with Crippen molar-refractivity contribution in [1.29, 1.82) is 5.26 Å². The van der Waals surface area contributed by atoms with Gasteiger partial charge in [-0.1, -0.05) is 19.1 Å². The molecule has 1 N–H and O–H groups in total. The molecule has 1 aromatic rings. The molecule has 0 spiro atoms. The highest BCUT2D eigenvalue weighted by Gasteiger charge is 2.20. The molecule has 0 unspecified atom stereocenters. The molecular formula is C14H18N2. The molecule has 0 amide bonds. The lowest BCUT2D eigenvalue weighted by atomic mass is 9.83. The second-order valence-electron chi connectivity index (χ2n) is 4.37. The largest absolute Gasteiger partial charge is 0.317 e. The number of benzene rings is 1. The molecule has 0 aromatic heterocycles. The van der Waals surface area contributed by atoms with E-state index >= 15 is 0 Å². The van der Waals surface area contributed by atoms with Gasteiger partial charge >= 0.3 is 0 Å². The van der Waals surface area contributed by atoms with Gasteiger partial charge in [-0.15, -0.1) is 0 Å². The van der Waals surface area contributed by atoms with Crippen molar-refractivity contribution < 1.29 is 0 Å². The van der Waals surface area contributed by atoms with E-state index in [1.807, 2.05) is 12.1 Å². The standard InChI is InChI=1S/C14H18N2/c1-2-11-4-3-5-13(10-15)14(11)12-6-8-16-9-7-12/h3-5,12,16H,2,6-9H2,1H3. The molecule has 16 heavy (non-hydrogen) atoms. The molecule has 1 saturated heterocycles. The van der Waals surface area contributed by atoms with Gasteiger partial charge in [0.25, 0.3) is 0 Å². The zero-order chi connectivity index (χ0) is 11.4. The minimum Gasteiger partial charge on any atom is -0.317 e. The van der Waals surface area contributed by atoms with E-state index in [0.29, 0.717) is 5.92 Å². The Bertz CT molecular complexity index is 398. The molecule has 1 aliphatic rings. The van der Waals surface area contributed by atoms with Crippen molar-refractivity contribution in [2.45, 2.75) is 32.1 Å². The molecule has 0 atom stereocenters. The number of nitrogens with one attached hydrogen (secondary N) is 1. The first-order chi connectivity index (χ1) is 7.86. The van der Waals surface area contributed by atoms with E-state index in [9.17, 15) is 5.26 Å². The van der Waals surface area contributed by atoms with E-state index in [1.165, 1.54) is 11.1 Å². The van der Waals surface area contributed by atoms with Crippen LogP contribution in [0.25, 0.3) is 0 Å². The quantitative estimate of drug-likeness (QED) is 0.821. The van der Waals surface area contributed by atoms with Gasteiger partial charge in [0.15, 0.2) is 0 Å². The van der Waals surface area contributed by atoms with Crippen LogP contribution in [-0.2, 0) is 6.42 Å². The molecule has 2 heteroatoms. The SMILES string of the molecule is CCc1cccc(C#N)c1C1CCNCC1. The smallest absolute Gasteiger partial charge is 0.0994 e. The predicted molar refractivity (Wildman–Crippen MR) is 65.4 cm³/mol. The van der Waals surface area contributed by atoms with E-state index in [2.05, 4.69) is 24.4 Å².